The zero-order chi connectivity index (χ0) is 21.8. The first-order valence-electron chi connectivity index (χ1n) is 9.47. The van der Waals surface area contributed by atoms with Crippen molar-refractivity contribution < 1.29 is 18.0 Å². The summed E-state index contributed by atoms with van der Waals surface area (Å²) < 4.78 is 40.7. The average molecular weight is 425 g/mol. The van der Waals surface area contributed by atoms with E-state index in [1.165, 1.54) is 0 Å². The molecule has 0 radical (unpaired) electrons. The van der Waals surface area contributed by atoms with Crippen LogP contribution in [0.15, 0.2) is 79.1 Å². The van der Waals surface area contributed by atoms with E-state index in [1.807, 2.05) is 66.9 Å². The van der Waals surface area contributed by atoms with Crippen molar-refractivity contribution in [2.24, 2.45) is 0 Å². The Morgan fingerprint density at radius 2 is 1.61 bits per heavy atom. The third-order valence-corrected chi connectivity index (χ3v) is 4.57. The van der Waals surface area contributed by atoms with Gasteiger partial charge in [0.1, 0.15) is 6.54 Å². The first kappa shape index (κ1) is 20.4. The van der Waals surface area contributed by atoms with E-state index in [0.29, 0.717) is 5.69 Å². The molecule has 0 fully saturated rings. The van der Waals surface area contributed by atoms with Crippen LogP contribution >= 0.6 is 0 Å². The number of hydrogen-bond acceptors (Lipinski definition) is 3. The summed E-state index contributed by atoms with van der Waals surface area (Å²) in [6.07, 6.45) is -1.59. The number of hydrogen-bond donors (Lipinski definition) is 1. The van der Waals surface area contributed by atoms with Gasteiger partial charge in [0.25, 0.3) is 0 Å². The highest BCUT2D eigenvalue weighted by Crippen LogP contribution is 2.27. The molecule has 2 aromatic carbocycles. The second kappa shape index (κ2) is 8.47. The van der Waals surface area contributed by atoms with Crippen molar-refractivity contribution in [1.82, 2.24) is 24.9 Å². The minimum Gasteiger partial charge on any atom is -0.350 e. The summed E-state index contributed by atoms with van der Waals surface area (Å²) in [5.41, 5.74) is 2.22. The Kier molecular flexibility index (Phi) is 5.57. The molecule has 1 N–H and O–H groups in total. The second-order valence-electron chi connectivity index (χ2n) is 6.82. The Morgan fingerprint density at radius 1 is 0.935 bits per heavy atom. The smallest absolute Gasteiger partial charge is 0.350 e. The van der Waals surface area contributed by atoms with Crippen LogP contribution in [0.1, 0.15) is 11.3 Å². The van der Waals surface area contributed by atoms with Gasteiger partial charge < -0.3 is 5.32 Å². The highest BCUT2D eigenvalue weighted by molar-refractivity contribution is 5.76. The monoisotopic (exact) mass is 425 g/mol. The number of amides is 1. The summed E-state index contributed by atoms with van der Waals surface area (Å²) in [7, 11) is 0. The molecule has 0 aliphatic carbocycles. The first-order chi connectivity index (χ1) is 14.9. The molecule has 0 bridgehead atoms. The number of nitrogens with zero attached hydrogens (tertiary/aromatic N) is 4. The average Bonchev–Trinajstić information content (AvgIpc) is 3.41. The van der Waals surface area contributed by atoms with Gasteiger partial charge in [0.05, 0.1) is 11.4 Å². The summed E-state index contributed by atoms with van der Waals surface area (Å²) in [5.74, 6) is -0.455. The molecule has 9 heteroatoms. The lowest BCUT2D eigenvalue weighted by molar-refractivity contribution is -0.141. The fraction of sp³-hybridized carbons (Fsp3) is 0.136. The van der Waals surface area contributed by atoms with Gasteiger partial charge in [-0.15, -0.1) is 0 Å². The molecule has 2 heterocycles. The quantitative estimate of drug-likeness (QED) is 0.507. The van der Waals surface area contributed by atoms with Crippen molar-refractivity contribution >= 4 is 5.91 Å². The molecule has 0 saturated heterocycles. The summed E-state index contributed by atoms with van der Waals surface area (Å²) in [6, 6.07) is 19.9. The molecule has 4 rings (SSSR count). The third kappa shape index (κ3) is 4.82. The van der Waals surface area contributed by atoms with Gasteiger partial charge in [-0.3, -0.25) is 9.48 Å². The molecule has 0 saturated carbocycles. The van der Waals surface area contributed by atoms with Gasteiger partial charge in [-0.05, 0) is 18.2 Å². The van der Waals surface area contributed by atoms with Crippen LogP contribution in [0.3, 0.4) is 0 Å². The molecule has 0 spiro atoms. The molecule has 6 nitrogen and oxygen atoms in total. The number of halogens is 3. The van der Waals surface area contributed by atoms with E-state index in [0.717, 1.165) is 33.8 Å². The standard InChI is InChI=1S/C22H18F3N5O/c23-22(24,25)19-11-12-29(27-19)15-20(31)26-13-17-14-30(18-9-5-2-6-10-18)28-21(17)16-7-3-1-4-8-16/h1-12,14H,13,15H2,(H,26,31). The predicted octanol–water partition coefficient (Wildman–Crippen LogP) is 4.07. The normalized spacial score (nSPS) is 11.5. The van der Waals surface area contributed by atoms with Gasteiger partial charge in [-0.1, -0.05) is 48.5 Å². The molecule has 0 atom stereocenters. The predicted molar refractivity (Wildman–Crippen MR) is 108 cm³/mol. The summed E-state index contributed by atoms with van der Waals surface area (Å²) in [6.45, 7) is -0.146. The fourth-order valence-corrected chi connectivity index (χ4v) is 3.09. The van der Waals surface area contributed by atoms with Crippen molar-refractivity contribution in [3.05, 3.63) is 90.4 Å². The zero-order valence-corrected chi connectivity index (χ0v) is 16.3. The van der Waals surface area contributed by atoms with Gasteiger partial charge in [-0.25, -0.2) is 4.68 Å². The molecular weight excluding hydrogens is 407 g/mol. The Labute approximate surface area is 175 Å². The Bertz CT molecular complexity index is 1170. The van der Waals surface area contributed by atoms with Crippen LogP contribution in [-0.4, -0.2) is 25.5 Å². The van der Waals surface area contributed by atoms with Crippen LogP contribution in [0.25, 0.3) is 16.9 Å². The molecule has 1 amide bonds. The first-order valence-corrected chi connectivity index (χ1v) is 9.47. The van der Waals surface area contributed by atoms with Gasteiger partial charge >= 0.3 is 6.18 Å². The Morgan fingerprint density at radius 3 is 2.26 bits per heavy atom. The molecular formula is C22H18F3N5O. The highest BCUT2D eigenvalue weighted by Gasteiger charge is 2.33. The molecule has 4 aromatic rings. The number of para-hydroxylation sites is 1. The van der Waals surface area contributed by atoms with Crippen molar-refractivity contribution in [1.29, 1.82) is 0 Å². The van der Waals surface area contributed by atoms with Crippen molar-refractivity contribution in [2.75, 3.05) is 0 Å². The summed E-state index contributed by atoms with van der Waals surface area (Å²) >= 11 is 0. The van der Waals surface area contributed by atoms with Gasteiger partial charge in [0.2, 0.25) is 5.91 Å². The van der Waals surface area contributed by atoms with E-state index < -0.39 is 17.8 Å². The molecule has 0 aliphatic heterocycles. The van der Waals surface area contributed by atoms with E-state index >= 15 is 0 Å². The van der Waals surface area contributed by atoms with Gasteiger partial charge in [0.15, 0.2) is 5.69 Å². The minimum absolute atomic E-state index is 0.170. The van der Waals surface area contributed by atoms with Crippen LogP contribution in [0.4, 0.5) is 13.2 Å². The van der Waals surface area contributed by atoms with E-state index in [4.69, 9.17) is 0 Å². The number of benzene rings is 2. The largest absolute Gasteiger partial charge is 0.435 e. The van der Waals surface area contributed by atoms with Crippen molar-refractivity contribution in [2.45, 2.75) is 19.3 Å². The van der Waals surface area contributed by atoms with Crippen LogP contribution in [-0.2, 0) is 24.1 Å². The van der Waals surface area contributed by atoms with Gasteiger partial charge in [-0.2, -0.15) is 23.4 Å². The lowest BCUT2D eigenvalue weighted by atomic mass is 10.1. The fourth-order valence-electron chi connectivity index (χ4n) is 3.09. The molecule has 2 aromatic heterocycles. The minimum atomic E-state index is -4.54. The van der Waals surface area contributed by atoms with Crippen molar-refractivity contribution in [3.63, 3.8) is 0 Å². The molecule has 158 valence electrons. The van der Waals surface area contributed by atoms with Crippen LogP contribution in [0, 0.1) is 0 Å². The van der Waals surface area contributed by atoms with Crippen molar-refractivity contribution in [3.8, 4) is 16.9 Å². The topological polar surface area (TPSA) is 64.7 Å². The summed E-state index contributed by atoms with van der Waals surface area (Å²) in [4.78, 5) is 12.3. The number of rotatable bonds is 6. The molecule has 31 heavy (non-hydrogen) atoms. The summed E-state index contributed by atoms with van der Waals surface area (Å²) in [5, 5.41) is 10.8. The maximum absolute atomic E-state index is 12.7. The third-order valence-electron chi connectivity index (χ3n) is 4.57. The molecule has 0 aliphatic rings. The van der Waals surface area contributed by atoms with E-state index in [1.54, 1.807) is 4.68 Å². The van der Waals surface area contributed by atoms with E-state index in [9.17, 15) is 18.0 Å². The Hall–Kier alpha value is -3.88. The second-order valence-corrected chi connectivity index (χ2v) is 6.82. The number of carbonyl (C=O) groups is 1. The SMILES string of the molecule is O=C(Cn1ccc(C(F)(F)F)n1)NCc1cn(-c2ccccc2)nc1-c1ccccc1. The maximum atomic E-state index is 12.7. The van der Waals surface area contributed by atoms with Gasteiger partial charge in [0, 0.05) is 30.1 Å². The number of alkyl halides is 3. The highest BCUT2D eigenvalue weighted by atomic mass is 19.4. The van der Waals surface area contributed by atoms with Crippen LogP contribution < -0.4 is 5.32 Å². The maximum Gasteiger partial charge on any atom is 0.435 e. The lowest BCUT2D eigenvalue weighted by Crippen LogP contribution is -2.27. The van der Waals surface area contributed by atoms with Crippen LogP contribution in [0.5, 0.6) is 0 Å². The van der Waals surface area contributed by atoms with E-state index in [-0.39, 0.29) is 13.1 Å². The number of aromatic nitrogens is 4. The van der Waals surface area contributed by atoms with Crippen LogP contribution in [0.2, 0.25) is 0 Å². The number of nitrogens with one attached hydrogen (secondary N) is 1. The molecule has 0 unspecified atom stereocenters. The van der Waals surface area contributed by atoms with E-state index in [2.05, 4.69) is 15.5 Å². The zero-order valence-electron chi connectivity index (χ0n) is 16.3. The lowest BCUT2D eigenvalue weighted by Gasteiger charge is -2.06. The number of carbonyl (C=O) groups excluding carboxylic acids is 1. The Balaban J connectivity index is 1.51.